The van der Waals surface area contributed by atoms with Crippen LogP contribution in [0.3, 0.4) is 0 Å². The van der Waals surface area contributed by atoms with Gasteiger partial charge in [-0.1, -0.05) is 0 Å². The van der Waals surface area contributed by atoms with Gasteiger partial charge in [-0.05, 0) is 42.5 Å². The number of nitrogens with zero attached hydrogens (tertiary/aromatic N) is 2. The van der Waals surface area contributed by atoms with E-state index in [2.05, 4.69) is 5.10 Å². The van der Waals surface area contributed by atoms with Gasteiger partial charge in [0, 0.05) is 11.8 Å². The predicted octanol–water partition coefficient (Wildman–Crippen LogP) is 2.22. The summed E-state index contributed by atoms with van der Waals surface area (Å²) in [6.07, 6.45) is 2.54. The fourth-order valence-electron chi connectivity index (χ4n) is 2.27. The van der Waals surface area contributed by atoms with E-state index in [4.69, 9.17) is 4.74 Å². The van der Waals surface area contributed by atoms with Crippen LogP contribution in [0.5, 0.6) is 17.2 Å². The summed E-state index contributed by atoms with van der Waals surface area (Å²) in [4.78, 5) is 24.9. The molecule has 0 aliphatic heterocycles. The van der Waals surface area contributed by atoms with Gasteiger partial charge in [-0.3, -0.25) is 9.59 Å². The molecule has 0 atom stereocenters. The molecule has 7 heteroatoms. The van der Waals surface area contributed by atoms with Crippen LogP contribution in [-0.4, -0.2) is 38.8 Å². The molecule has 7 nitrogen and oxygen atoms in total. The zero-order chi connectivity index (χ0) is 18.0. The molecule has 126 valence electrons. The maximum absolute atomic E-state index is 12.5. The SMILES string of the molecule is COc1ccc(O)c(C(=O)c2cnn(C(=O)c3ccc(O)cc3)c2)c1. The minimum atomic E-state index is -0.485. The summed E-state index contributed by atoms with van der Waals surface area (Å²) in [5.74, 6) is -0.659. The summed E-state index contributed by atoms with van der Waals surface area (Å²) in [5.41, 5.74) is 0.510. The van der Waals surface area contributed by atoms with Gasteiger partial charge in [-0.25, -0.2) is 4.68 Å². The van der Waals surface area contributed by atoms with Crippen LogP contribution in [0.2, 0.25) is 0 Å². The fourth-order valence-corrected chi connectivity index (χ4v) is 2.27. The molecule has 0 unspecified atom stereocenters. The van der Waals surface area contributed by atoms with Crippen molar-refractivity contribution in [2.75, 3.05) is 7.11 Å². The Bertz CT molecular complexity index is 944. The smallest absolute Gasteiger partial charge is 0.278 e. The molecule has 0 saturated heterocycles. The highest BCUT2D eigenvalue weighted by molar-refractivity contribution is 6.11. The molecule has 2 N–H and O–H groups in total. The Morgan fingerprint density at radius 1 is 1.04 bits per heavy atom. The molecule has 0 amide bonds. The Morgan fingerprint density at radius 2 is 1.76 bits per heavy atom. The summed E-state index contributed by atoms with van der Waals surface area (Å²) in [6, 6.07) is 9.98. The van der Waals surface area contributed by atoms with Gasteiger partial charge >= 0.3 is 0 Å². The van der Waals surface area contributed by atoms with E-state index in [1.807, 2.05) is 0 Å². The number of phenolic OH excluding ortho intramolecular Hbond substituents is 2. The number of ether oxygens (including phenoxy) is 1. The lowest BCUT2D eigenvalue weighted by molar-refractivity contribution is 0.0945. The number of carbonyl (C=O) groups excluding carboxylic acids is 2. The number of hydrogen-bond donors (Lipinski definition) is 2. The predicted molar refractivity (Wildman–Crippen MR) is 88.2 cm³/mol. The molecule has 0 aliphatic carbocycles. The first-order valence-electron chi connectivity index (χ1n) is 7.29. The standard InChI is InChI=1S/C18H14N2O5/c1-25-14-6-7-16(22)15(8-14)17(23)12-9-19-20(10-12)18(24)11-2-4-13(21)5-3-11/h2-10,21-22H,1H3. The van der Waals surface area contributed by atoms with Gasteiger partial charge in [0.2, 0.25) is 0 Å². The first kappa shape index (κ1) is 16.3. The van der Waals surface area contributed by atoms with Crippen LogP contribution in [0.4, 0.5) is 0 Å². The van der Waals surface area contributed by atoms with Crippen LogP contribution < -0.4 is 4.74 Å². The Kier molecular flexibility index (Phi) is 4.21. The van der Waals surface area contributed by atoms with E-state index in [1.54, 1.807) is 0 Å². The molecule has 0 aliphatic rings. The zero-order valence-electron chi connectivity index (χ0n) is 13.2. The number of benzene rings is 2. The lowest BCUT2D eigenvalue weighted by Gasteiger charge is -2.05. The summed E-state index contributed by atoms with van der Waals surface area (Å²) in [7, 11) is 1.45. The molecule has 0 radical (unpaired) electrons. The van der Waals surface area contributed by atoms with Crippen molar-refractivity contribution in [1.29, 1.82) is 0 Å². The molecule has 0 fully saturated rings. The average molecular weight is 338 g/mol. The summed E-state index contributed by atoms with van der Waals surface area (Å²) < 4.78 is 6.07. The lowest BCUT2D eigenvalue weighted by atomic mass is 10.1. The highest BCUT2D eigenvalue weighted by Crippen LogP contribution is 2.25. The van der Waals surface area contributed by atoms with E-state index in [9.17, 15) is 19.8 Å². The van der Waals surface area contributed by atoms with Crippen LogP contribution in [0.1, 0.15) is 26.3 Å². The highest BCUT2D eigenvalue weighted by Gasteiger charge is 2.18. The molecule has 0 bridgehead atoms. The average Bonchev–Trinajstić information content (AvgIpc) is 3.12. The van der Waals surface area contributed by atoms with Crippen LogP contribution in [-0.2, 0) is 0 Å². The summed E-state index contributed by atoms with van der Waals surface area (Å²) in [5, 5.41) is 23.1. The van der Waals surface area contributed by atoms with E-state index >= 15 is 0 Å². The molecule has 25 heavy (non-hydrogen) atoms. The Labute approximate surface area is 142 Å². The molecule has 2 aromatic carbocycles. The second kappa shape index (κ2) is 6.48. The number of phenols is 2. The quantitative estimate of drug-likeness (QED) is 0.707. The van der Waals surface area contributed by atoms with Crippen LogP contribution >= 0.6 is 0 Å². The summed E-state index contributed by atoms with van der Waals surface area (Å²) in [6.45, 7) is 0. The van der Waals surface area contributed by atoms with Crippen LogP contribution in [0, 0.1) is 0 Å². The molecular weight excluding hydrogens is 324 g/mol. The van der Waals surface area contributed by atoms with Crippen molar-refractivity contribution < 1.29 is 24.5 Å². The van der Waals surface area contributed by atoms with Gasteiger partial charge in [0.15, 0.2) is 5.78 Å². The molecule has 0 saturated carbocycles. The van der Waals surface area contributed by atoms with Crippen molar-refractivity contribution in [1.82, 2.24) is 9.78 Å². The highest BCUT2D eigenvalue weighted by atomic mass is 16.5. The third-order valence-corrected chi connectivity index (χ3v) is 3.62. The number of methoxy groups -OCH3 is 1. The minimum absolute atomic E-state index is 0.0429. The molecule has 3 aromatic rings. The molecule has 1 heterocycles. The number of hydrogen-bond acceptors (Lipinski definition) is 6. The third kappa shape index (κ3) is 3.20. The van der Waals surface area contributed by atoms with Gasteiger partial charge in [0.05, 0.1) is 24.4 Å². The maximum atomic E-state index is 12.5. The van der Waals surface area contributed by atoms with Gasteiger partial charge in [0.25, 0.3) is 5.91 Å². The van der Waals surface area contributed by atoms with Crippen molar-refractivity contribution in [3.63, 3.8) is 0 Å². The second-order valence-electron chi connectivity index (χ2n) is 5.24. The monoisotopic (exact) mass is 338 g/mol. The van der Waals surface area contributed by atoms with Crippen molar-refractivity contribution in [3.8, 4) is 17.2 Å². The van der Waals surface area contributed by atoms with Gasteiger partial charge in [-0.15, -0.1) is 0 Å². The first-order chi connectivity index (χ1) is 12.0. The second-order valence-corrected chi connectivity index (χ2v) is 5.24. The zero-order valence-corrected chi connectivity index (χ0v) is 13.2. The number of aromatic nitrogens is 2. The van der Waals surface area contributed by atoms with E-state index in [0.29, 0.717) is 11.3 Å². The van der Waals surface area contributed by atoms with Gasteiger partial charge in [0.1, 0.15) is 17.2 Å². The van der Waals surface area contributed by atoms with Crippen molar-refractivity contribution in [2.45, 2.75) is 0 Å². The first-order valence-corrected chi connectivity index (χ1v) is 7.29. The molecular formula is C18H14N2O5. The van der Waals surface area contributed by atoms with Gasteiger partial charge < -0.3 is 14.9 Å². The molecule has 3 rings (SSSR count). The largest absolute Gasteiger partial charge is 0.508 e. The van der Waals surface area contributed by atoms with Crippen molar-refractivity contribution in [2.24, 2.45) is 0 Å². The molecule has 0 spiro atoms. The number of rotatable bonds is 4. The van der Waals surface area contributed by atoms with Crippen molar-refractivity contribution >= 4 is 11.7 Å². The number of carbonyl (C=O) groups is 2. The van der Waals surface area contributed by atoms with Gasteiger partial charge in [-0.2, -0.15) is 5.10 Å². The van der Waals surface area contributed by atoms with E-state index in [0.717, 1.165) is 4.68 Å². The van der Waals surface area contributed by atoms with E-state index in [1.165, 1.54) is 62.0 Å². The van der Waals surface area contributed by atoms with Crippen LogP contribution in [0.25, 0.3) is 0 Å². The number of aromatic hydroxyl groups is 2. The normalized spacial score (nSPS) is 10.4. The number of ketones is 1. The van der Waals surface area contributed by atoms with E-state index < -0.39 is 11.7 Å². The van der Waals surface area contributed by atoms with Crippen LogP contribution in [0.15, 0.2) is 54.9 Å². The fraction of sp³-hybridized carbons (Fsp3) is 0.0556. The lowest BCUT2D eigenvalue weighted by Crippen LogP contribution is -2.12. The third-order valence-electron chi connectivity index (χ3n) is 3.62. The Morgan fingerprint density at radius 3 is 2.44 bits per heavy atom. The van der Waals surface area contributed by atoms with Crippen molar-refractivity contribution in [3.05, 3.63) is 71.5 Å². The minimum Gasteiger partial charge on any atom is -0.508 e. The summed E-state index contributed by atoms with van der Waals surface area (Å²) >= 11 is 0. The topological polar surface area (TPSA) is 102 Å². The Hall–Kier alpha value is -3.61. The maximum Gasteiger partial charge on any atom is 0.278 e. The Balaban J connectivity index is 1.89. The van der Waals surface area contributed by atoms with E-state index in [-0.39, 0.29) is 22.6 Å². The molecule has 1 aromatic heterocycles.